The quantitative estimate of drug-likeness (QED) is 0.704. The maximum Gasteiger partial charge on any atom is 0.143 e. The van der Waals surface area contributed by atoms with E-state index in [1.165, 1.54) is 12.1 Å². The number of hydrogen-bond donors (Lipinski definition) is 2. The lowest BCUT2D eigenvalue weighted by molar-refractivity contribution is 0.629. The number of nitriles is 1. The van der Waals surface area contributed by atoms with Crippen molar-refractivity contribution in [2.45, 2.75) is 6.92 Å². The van der Waals surface area contributed by atoms with Crippen molar-refractivity contribution in [1.82, 2.24) is 9.97 Å². The highest BCUT2D eigenvalue weighted by Crippen LogP contribution is 2.23. The van der Waals surface area contributed by atoms with Gasteiger partial charge in [-0.25, -0.2) is 9.37 Å². The van der Waals surface area contributed by atoms with Crippen LogP contribution >= 0.6 is 0 Å². The van der Waals surface area contributed by atoms with Gasteiger partial charge in [0.05, 0.1) is 11.1 Å². The minimum atomic E-state index is -0.290. The third kappa shape index (κ3) is 3.41. The lowest BCUT2D eigenvalue weighted by atomic mass is 10.1. The van der Waals surface area contributed by atoms with E-state index in [0.717, 1.165) is 22.3 Å². The second-order valence-corrected chi connectivity index (χ2v) is 5.34. The van der Waals surface area contributed by atoms with Gasteiger partial charge in [-0.05, 0) is 43.3 Å². The van der Waals surface area contributed by atoms with Crippen molar-refractivity contribution < 1.29 is 4.39 Å². The number of anilines is 2. The molecule has 0 saturated carbocycles. The van der Waals surface area contributed by atoms with Crippen LogP contribution in [0.25, 0.3) is 10.9 Å². The molecule has 0 amide bonds. The Labute approximate surface area is 139 Å². The summed E-state index contributed by atoms with van der Waals surface area (Å²) in [5.74, 6) is 0.269. The van der Waals surface area contributed by atoms with Crippen LogP contribution in [0.3, 0.4) is 0 Å². The third-order valence-corrected chi connectivity index (χ3v) is 3.56. The van der Waals surface area contributed by atoms with E-state index in [-0.39, 0.29) is 5.82 Å². The molecule has 2 N–H and O–H groups in total. The van der Waals surface area contributed by atoms with Crippen molar-refractivity contribution >= 4 is 22.4 Å². The molecule has 6 heteroatoms. The van der Waals surface area contributed by atoms with E-state index in [4.69, 9.17) is 5.26 Å². The minimum absolute atomic E-state index is 0.290. The summed E-state index contributed by atoms with van der Waals surface area (Å²) in [6.45, 7) is 3.07. The molecule has 2 aromatic heterocycles. The minimum Gasteiger partial charge on any atom is -0.383 e. The Kier molecular flexibility index (Phi) is 4.52. The molecule has 0 aliphatic heterocycles. The second kappa shape index (κ2) is 6.92. The summed E-state index contributed by atoms with van der Waals surface area (Å²) in [4.78, 5) is 8.56. The molecule has 1 aromatic carbocycles. The number of halogens is 1. The monoisotopic (exact) mass is 321 g/mol. The Morgan fingerprint density at radius 1 is 1.17 bits per heavy atom. The molecule has 120 valence electrons. The van der Waals surface area contributed by atoms with Crippen LogP contribution in [0.2, 0.25) is 0 Å². The third-order valence-electron chi connectivity index (χ3n) is 3.56. The number of nitrogens with zero attached hydrogens (tertiary/aromatic N) is 3. The highest BCUT2D eigenvalue weighted by atomic mass is 19.1. The van der Waals surface area contributed by atoms with Crippen molar-refractivity contribution in [3.05, 3.63) is 59.7 Å². The second-order valence-electron chi connectivity index (χ2n) is 5.34. The maximum atomic E-state index is 13.5. The average molecular weight is 321 g/mol. The Morgan fingerprint density at radius 3 is 2.83 bits per heavy atom. The number of rotatable bonds is 5. The molecule has 0 spiro atoms. The van der Waals surface area contributed by atoms with Gasteiger partial charge in [0.15, 0.2) is 0 Å². The average Bonchev–Trinajstić information content (AvgIpc) is 2.59. The topological polar surface area (TPSA) is 73.6 Å². The SMILES string of the molecule is Cc1cc(NCCNc2ncccc2C#N)c2cc(F)ccc2n1. The van der Waals surface area contributed by atoms with E-state index in [9.17, 15) is 4.39 Å². The predicted molar refractivity (Wildman–Crippen MR) is 92.4 cm³/mol. The van der Waals surface area contributed by atoms with Gasteiger partial charge in [0.1, 0.15) is 17.7 Å². The van der Waals surface area contributed by atoms with Crippen LogP contribution in [-0.4, -0.2) is 23.1 Å². The van der Waals surface area contributed by atoms with Crippen LogP contribution in [-0.2, 0) is 0 Å². The first-order valence-corrected chi connectivity index (χ1v) is 7.57. The van der Waals surface area contributed by atoms with Gasteiger partial charge in [-0.15, -0.1) is 0 Å². The summed E-state index contributed by atoms with van der Waals surface area (Å²) in [6.07, 6.45) is 1.64. The lowest BCUT2D eigenvalue weighted by Crippen LogP contribution is -2.15. The Bertz CT molecular complexity index is 917. The normalized spacial score (nSPS) is 10.4. The molecule has 0 saturated heterocycles. The molecule has 3 aromatic rings. The van der Waals surface area contributed by atoms with Gasteiger partial charge >= 0.3 is 0 Å². The first-order chi connectivity index (χ1) is 11.7. The molecule has 0 radical (unpaired) electrons. The van der Waals surface area contributed by atoms with Crippen LogP contribution in [0.1, 0.15) is 11.3 Å². The van der Waals surface area contributed by atoms with E-state index >= 15 is 0 Å². The summed E-state index contributed by atoms with van der Waals surface area (Å²) in [5, 5.41) is 16.2. The fraction of sp³-hybridized carbons (Fsp3) is 0.167. The number of nitrogens with one attached hydrogen (secondary N) is 2. The molecule has 0 atom stereocenters. The lowest BCUT2D eigenvalue weighted by Gasteiger charge is -2.12. The molecule has 0 aliphatic rings. The maximum absolute atomic E-state index is 13.5. The summed E-state index contributed by atoms with van der Waals surface area (Å²) < 4.78 is 13.5. The van der Waals surface area contributed by atoms with Crippen molar-refractivity contribution in [3.63, 3.8) is 0 Å². The first kappa shape index (κ1) is 15.7. The molecular formula is C18H16FN5. The molecule has 24 heavy (non-hydrogen) atoms. The van der Waals surface area contributed by atoms with E-state index in [0.29, 0.717) is 24.5 Å². The molecule has 0 unspecified atom stereocenters. The van der Waals surface area contributed by atoms with E-state index in [1.807, 2.05) is 13.0 Å². The standard InChI is InChI=1S/C18H16FN5/c1-12-9-17(15-10-14(19)4-5-16(15)24-12)21-7-8-23-18-13(11-20)3-2-6-22-18/h2-6,9-10H,7-8H2,1H3,(H,21,24)(H,22,23). The van der Waals surface area contributed by atoms with Crippen LogP contribution in [0.4, 0.5) is 15.9 Å². The predicted octanol–water partition coefficient (Wildman–Crippen LogP) is 3.47. The highest BCUT2D eigenvalue weighted by Gasteiger charge is 2.06. The number of pyridine rings is 2. The van der Waals surface area contributed by atoms with Gasteiger partial charge in [-0.1, -0.05) is 0 Å². The zero-order chi connectivity index (χ0) is 16.9. The van der Waals surface area contributed by atoms with E-state index in [2.05, 4.69) is 26.7 Å². The molecule has 3 rings (SSSR count). The largest absolute Gasteiger partial charge is 0.383 e. The zero-order valence-corrected chi connectivity index (χ0v) is 13.2. The van der Waals surface area contributed by atoms with Crippen LogP contribution < -0.4 is 10.6 Å². The van der Waals surface area contributed by atoms with Gasteiger partial charge in [-0.3, -0.25) is 4.98 Å². The summed E-state index contributed by atoms with van der Waals surface area (Å²) >= 11 is 0. The summed E-state index contributed by atoms with van der Waals surface area (Å²) in [7, 11) is 0. The molecule has 5 nitrogen and oxygen atoms in total. The van der Waals surface area contributed by atoms with Gasteiger partial charge in [-0.2, -0.15) is 5.26 Å². The molecule has 2 heterocycles. The fourth-order valence-electron chi connectivity index (χ4n) is 2.49. The number of benzene rings is 1. The van der Waals surface area contributed by atoms with Crippen molar-refractivity contribution in [1.29, 1.82) is 5.26 Å². The highest BCUT2D eigenvalue weighted by molar-refractivity contribution is 5.91. The van der Waals surface area contributed by atoms with E-state index < -0.39 is 0 Å². The van der Waals surface area contributed by atoms with Crippen LogP contribution in [0, 0.1) is 24.1 Å². The van der Waals surface area contributed by atoms with Gasteiger partial charge < -0.3 is 10.6 Å². The Morgan fingerprint density at radius 2 is 2.00 bits per heavy atom. The van der Waals surface area contributed by atoms with Crippen molar-refractivity contribution in [2.75, 3.05) is 23.7 Å². The summed E-state index contributed by atoms with van der Waals surface area (Å²) in [5.41, 5.74) is 2.95. The van der Waals surface area contributed by atoms with Gasteiger partial charge in [0.2, 0.25) is 0 Å². The first-order valence-electron chi connectivity index (χ1n) is 7.57. The van der Waals surface area contributed by atoms with Crippen LogP contribution in [0.15, 0.2) is 42.6 Å². The zero-order valence-electron chi connectivity index (χ0n) is 13.2. The molecule has 0 aliphatic carbocycles. The molecule has 0 bridgehead atoms. The molecular weight excluding hydrogens is 305 g/mol. The number of hydrogen-bond acceptors (Lipinski definition) is 5. The Balaban J connectivity index is 1.70. The number of aryl methyl sites for hydroxylation is 1. The van der Waals surface area contributed by atoms with Gasteiger partial charge in [0, 0.05) is 36.1 Å². The fourth-order valence-corrected chi connectivity index (χ4v) is 2.49. The summed E-state index contributed by atoms with van der Waals surface area (Å²) in [6, 6.07) is 12.0. The number of aromatic nitrogens is 2. The molecule has 0 fully saturated rings. The Hall–Kier alpha value is -3.20. The van der Waals surface area contributed by atoms with Gasteiger partial charge in [0.25, 0.3) is 0 Å². The smallest absolute Gasteiger partial charge is 0.143 e. The van der Waals surface area contributed by atoms with Crippen LogP contribution in [0.5, 0.6) is 0 Å². The van der Waals surface area contributed by atoms with Crippen molar-refractivity contribution in [2.24, 2.45) is 0 Å². The van der Waals surface area contributed by atoms with Crippen molar-refractivity contribution in [3.8, 4) is 6.07 Å². The number of fused-ring (bicyclic) bond motifs is 1. The van der Waals surface area contributed by atoms with E-state index in [1.54, 1.807) is 24.4 Å².